The van der Waals surface area contributed by atoms with Crippen molar-refractivity contribution in [2.24, 2.45) is 23.5 Å². The zero-order valence-electron chi connectivity index (χ0n) is 12.8. The summed E-state index contributed by atoms with van der Waals surface area (Å²) in [4.78, 5) is 0. The zero-order chi connectivity index (χ0) is 15.0. The van der Waals surface area contributed by atoms with Gasteiger partial charge in [0, 0.05) is 5.39 Å². The Morgan fingerprint density at radius 2 is 1.81 bits per heavy atom. The van der Waals surface area contributed by atoms with Gasteiger partial charge >= 0.3 is 0 Å². The van der Waals surface area contributed by atoms with Crippen LogP contribution in [-0.2, 0) is 0 Å². The number of fused-ring (bicyclic) bond motifs is 1. The summed E-state index contributed by atoms with van der Waals surface area (Å²) in [5.41, 5.74) is 7.23. The maximum absolute atomic E-state index is 6.47. The largest absolute Gasteiger partial charge is 0.458 e. The van der Waals surface area contributed by atoms with Crippen molar-refractivity contribution in [1.82, 2.24) is 0 Å². The van der Waals surface area contributed by atoms with E-state index >= 15 is 0 Å². The molecular formula is C18H24ClNO. The number of halogens is 1. The summed E-state index contributed by atoms with van der Waals surface area (Å²) in [5, 5.41) is 1.71. The van der Waals surface area contributed by atoms with Gasteiger partial charge in [0.25, 0.3) is 0 Å². The molecule has 0 spiro atoms. The minimum atomic E-state index is -0.0124. The first-order chi connectivity index (χ1) is 10.1. The van der Waals surface area contributed by atoms with E-state index < -0.39 is 0 Å². The molecule has 114 valence electrons. The molecule has 2 nitrogen and oxygen atoms in total. The molecule has 1 atom stereocenters. The van der Waals surface area contributed by atoms with Crippen LogP contribution in [0.2, 0.25) is 5.02 Å². The van der Waals surface area contributed by atoms with Crippen molar-refractivity contribution >= 4 is 22.6 Å². The number of rotatable bonds is 3. The number of hydrogen-bond donors (Lipinski definition) is 1. The molecule has 0 radical (unpaired) electrons. The fourth-order valence-corrected chi connectivity index (χ4v) is 3.84. The normalized spacial score (nSPS) is 24.6. The van der Waals surface area contributed by atoms with Gasteiger partial charge in [-0.2, -0.15) is 0 Å². The molecule has 1 aromatic carbocycles. The van der Waals surface area contributed by atoms with E-state index in [1.54, 1.807) is 0 Å². The average molecular weight is 306 g/mol. The van der Waals surface area contributed by atoms with Gasteiger partial charge < -0.3 is 10.2 Å². The summed E-state index contributed by atoms with van der Waals surface area (Å²) in [6.45, 7) is 4.65. The van der Waals surface area contributed by atoms with Crippen LogP contribution in [0.25, 0.3) is 11.0 Å². The molecule has 2 aromatic rings. The highest BCUT2D eigenvalue weighted by Crippen LogP contribution is 2.40. The standard InChI is InChI=1S/C18H24ClNO/c1-11(2)12-6-8-13(9-7-12)17(20)16-10-14-4-3-5-15(19)18(14)21-16/h3-5,10-13,17H,6-9,20H2,1-2H3. The maximum atomic E-state index is 6.47. The highest BCUT2D eigenvalue weighted by atomic mass is 35.5. The van der Waals surface area contributed by atoms with Crippen LogP contribution >= 0.6 is 11.6 Å². The fraction of sp³-hybridized carbons (Fsp3) is 0.556. The highest BCUT2D eigenvalue weighted by Gasteiger charge is 2.29. The topological polar surface area (TPSA) is 39.2 Å². The van der Waals surface area contributed by atoms with Crippen molar-refractivity contribution in [3.63, 3.8) is 0 Å². The summed E-state index contributed by atoms with van der Waals surface area (Å²) in [6, 6.07) is 7.87. The second kappa shape index (κ2) is 6.02. The molecule has 0 bridgehead atoms. The lowest BCUT2D eigenvalue weighted by molar-refractivity contribution is 0.195. The monoisotopic (exact) mass is 305 g/mol. The van der Waals surface area contributed by atoms with Crippen LogP contribution in [0.1, 0.15) is 51.3 Å². The third-order valence-electron chi connectivity index (χ3n) is 5.11. The van der Waals surface area contributed by atoms with Gasteiger partial charge in [-0.05, 0) is 55.6 Å². The quantitative estimate of drug-likeness (QED) is 0.807. The molecule has 0 saturated heterocycles. The third kappa shape index (κ3) is 2.97. The molecule has 1 aliphatic rings. The SMILES string of the molecule is CC(C)C1CCC(C(N)c2cc3cccc(Cl)c3o2)CC1. The Labute approximate surface area is 131 Å². The molecule has 2 N–H and O–H groups in total. The average Bonchev–Trinajstić information content (AvgIpc) is 2.92. The first-order valence-corrected chi connectivity index (χ1v) is 8.37. The maximum Gasteiger partial charge on any atom is 0.152 e. The molecule has 1 heterocycles. The minimum absolute atomic E-state index is 0.0124. The van der Waals surface area contributed by atoms with Crippen LogP contribution in [0, 0.1) is 17.8 Å². The van der Waals surface area contributed by atoms with E-state index in [-0.39, 0.29) is 6.04 Å². The smallest absolute Gasteiger partial charge is 0.152 e. The number of benzene rings is 1. The first kappa shape index (κ1) is 14.9. The van der Waals surface area contributed by atoms with Crippen molar-refractivity contribution in [3.8, 4) is 0 Å². The predicted molar refractivity (Wildman–Crippen MR) is 88.4 cm³/mol. The van der Waals surface area contributed by atoms with Crippen molar-refractivity contribution < 1.29 is 4.42 Å². The summed E-state index contributed by atoms with van der Waals surface area (Å²) >= 11 is 6.18. The van der Waals surface area contributed by atoms with Gasteiger partial charge in [0.1, 0.15) is 5.76 Å². The Bertz CT molecular complexity index is 611. The summed E-state index contributed by atoms with van der Waals surface area (Å²) < 4.78 is 5.93. The molecule has 0 aliphatic heterocycles. The predicted octanol–water partition coefficient (Wildman–Crippen LogP) is 5.55. The number of nitrogens with two attached hydrogens (primary N) is 1. The number of hydrogen-bond acceptors (Lipinski definition) is 2. The Balaban J connectivity index is 1.75. The molecule has 3 heteroatoms. The van der Waals surface area contributed by atoms with Crippen molar-refractivity contribution in [3.05, 3.63) is 35.0 Å². The molecule has 1 unspecified atom stereocenters. The zero-order valence-corrected chi connectivity index (χ0v) is 13.6. The second-order valence-electron chi connectivity index (χ2n) is 6.75. The summed E-state index contributed by atoms with van der Waals surface area (Å²) in [5.74, 6) is 3.05. The van der Waals surface area contributed by atoms with Crippen LogP contribution in [0.5, 0.6) is 0 Å². The van der Waals surface area contributed by atoms with E-state index in [9.17, 15) is 0 Å². The van der Waals surface area contributed by atoms with Crippen molar-refractivity contribution in [2.75, 3.05) is 0 Å². The van der Waals surface area contributed by atoms with Gasteiger partial charge in [-0.1, -0.05) is 37.6 Å². The molecule has 21 heavy (non-hydrogen) atoms. The molecule has 0 amide bonds. The Hall–Kier alpha value is -0.990. The van der Waals surface area contributed by atoms with Gasteiger partial charge in [-0.25, -0.2) is 0 Å². The molecule has 1 fully saturated rings. The molecule has 1 saturated carbocycles. The highest BCUT2D eigenvalue weighted by molar-refractivity contribution is 6.34. The third-order valence-corrected chi connectivity index (χ3v) is 5.41. The van der Waals surface area contributed by atoms with Gasteiger partial charge in [-0.3, -0.25) is 0 Å². The lowest BCUT2D eigenvalue weighted by atomic mass is 9.74. The van der Waals surface area contributed by atoms with Gasteiger partial charge in [0.15, 0.2) is 5.58 Å². The molecule has 1 aliphatic carbocycles. The second-order valence-corrected chi connectivity index (χ2v) is 7.16. The fourth-order valence-electron chi connectivity index (χ4n) is 3.61. The molecule has 3 rings (SSSR count). The van der Waals surface area contributed by atoms with Crippen LogP contribution in [0.15, 0.2) is 28.7 Å². The molecular weight excluding hydrogens is 282 g/mol. The van der Waals surface area contributed by atoms with Crippen LogP contribution in [0.4, 0.5) is 0 Å². The van der Waals surface area contributed by atoms with Crippen LogP contribution in [-0.4, -0.2) is 0 Å². The van der Waals surface area contributed by atoms with Crippen molar-refractivity contribution in [2.45, 2.75) is 45.6 Å². The lowest BCUT2D eigenvalue weighted by Crippen LogP contribution is -2.27. The van der Waals surface area contributed by atoms with E-state index in [1.165, 1.54) is 25.7 Å². The lowest BCUT2D eigenvalue weighted by Gasteiger charge is -2.33. The molecule has 1 aromatic heterocycles. The van der Waals surface area contributed by atoms with E-state index in [4.69, 9.17) is 21.8 Å². The van der Waals surface area contributed by atoms with E-state index in [2.05, 4.69) is 19.9 Å². The first-order valence-electron chi connectivity index (χ1n) is 7.99. The summed E-state index contributed by atoms with van der Waals surface area (Å²) in [7, 11) is 0. The van der Waals surface area contributed by atoms with Crippen LogP contribution < -0.4 is 5.73 Å². The van der Waals surface area contributed by atoms with Gasteiger partial charge in [0.05, 0.1) is 11.1 Å². The van der Waals surface area contributed by atoms with E-state index in [1.807, 2.05) is 18.2 Å². The van der Waals surface area contributed by atoms with E-state index in [0.29, 0.717) is 10.9 Å². The van der Waals surface area contributed by atoms with Gasteiger partial charge in [0.2, 0.25) is 0 Å². The number of para-hydroxylation sites is 1. The Kier molecular flexibility index (Phi) is 4.28. The van der Waals surface area contributed by atoms with E-state index in [0.717, 1.165) is 28.6 Å². The minimum Gasteiger partial charge on any atom is -0.458 e. The van der Waals surface area contributed by atoms with Gasteiger partial charge in [-0.15, -0.1) is 0 Å². The Morgan fingerprint density at radius 3 is 2.43 bits per heavy atom. The van der Waals surface area contributed by atoms with Crippen LogP contribution in [0.3, 0.4) is 0 Å². The summed E-state index contributed by atoms with van der Waals surface area (Å²) in [6.07, 6.45) is 4.98. The number of furan rings is 1. The Morgan fingerprint density at radius 1 is 1.14 bits per heavy atom. The van der Waals surface area contributed by atoms with Crippen molar-refractivity contribution in [1.29, 1.82) is 0 Å².